The van der Waals surface area contributed by atoms with E-state index in [0.29, 0.717) is 16.2 Å². The van der Waals surface area contributed by atoms with Crippen LogP contribution in [0.2, 0.25) is 0 Å². The second kappa shape index (κ2) is 11.2. The standard InChI is InChI=1S/C20H23FN4O6S/c1-30-9-10-31-20(27)24-7-8-25(18(13-24)19(26)23-28)32(29)16-5-6-17(22-12-16)14-3-2-4-15(21)11-14/h2-6,11-12,18,28H,7-10,13H2,1H3,(H,23,26)/t18-,32?/m1/s1. The molecule has 1 aliphatic rings. The van der Waals surface area contributed by atoms with Crippen LogP contribution in [-0.2, 0) is 25.6 Å². The van der Waals surface area contributed by atoms with Gasteiger partial charge in [-0.25, -0.2) is 14.7 Å². The van der Waals surface area contributed by atoms with Gasteiger partial charge >= 0.3 is 6.09 Å². The van der Waals surface area contributed by atoms with Crippen LogP contribution in [0.5, 0.6) is 0 Å². The smallest absolute Gasteiger partial charge is 0.409 e. The summed E-state index contributed by atoms with van der Waals surface area (Å²) in [5.74, 6) is -1.20. The van der Waals surface area contributed by atoms with Gasteiger partial charge in [0, 0.05) is 19.2 Å². The number of rotatable bonds is 7. The van der Waals surface area contributed by atoms with E-state index in [1.54, 1.807) is 29.7 Å². The lowest BCUT2D eigenvalue weighted by molar-refractivity contribution is -0.134. The molecule has 0 aliphatic carbocycles. The first-order chi connectivity index (χ1) is 15.4. The van der Waals surface area contributed by atoms with Gasteiger partial charge in [0.05, 0.1) is 42.9 Å². The van der Waals surface area contributed by atoms with Gasteiger partial charge in [-0.15, -0.1) is 4.31 Å². The molecule has 2 heterocycles. The van der Waals surface area contributed by atoms with Crippen LogP contribution in [-0.4, -0.2) is 81.9 Å². The summed E-state index contributed by atoms with van der Waals surface area (Å²) in [6.07, 6.45) is 0.750. The first-order valence-electron chi connectivity index (χ1n) is 9.69. The zero-order valence-electron chi connectivity index (χ0n) is 17.3. The van der Waals surface area contributed by atoms with Crippen molar-refractivity contribution < 1.29 is 33.2 Å². The van der Waals surface area contributed by atoms with Crippen LogP contribution in [0.25, 0.3) is 11.3 Å². The lowest BCUT2D eigenvalue weighted by Gasteiger charge is -2.38. The third kappa shape index (κ3) is 5.72. The topological polar surface area (TPSA) is 127 Å². The average molecular weight is 466 g/mol. The molecular weight excluding hydrogens is 443 g/mol. The van der Waals surface area contributed by atoms with E-state index < -0.39 is 35.2 Å². The van der Waals surface area contributed by atoms with Crippen LogP contribution in [0.3, 0.4) is 0 Å². The Balaban J connectivity index is 1.72. The second-order valence-corrected chi connectivity index (χ2v) is 8.26. The van der Waals surface area contributed by atoms with Crippen LogP contribution >= 0.6 is 0 Å². The number of pyridine rings is 1. The Bertz CT molecular complexity index is 935. The fourth-order valence-corrected chi connectivity index (χ4v) is 4.40. The van der Waals surface area contributed by atoms with Crippen molar-refractivity contribution in [1.82, 2.24) is 19.7 Å². The van der Waals surface area contributed by atoms with Crippen molar-refractivity contribution >= 4 is 23.4 Å². The van der Waals surface area contributed by atoms with Crippen molar-refractivity contribution in [3.63, 3.8) is 0 Å². The largest absolute Gasteiger partial charge is 0.593 e. The monoisotopic (exact) mass is 466 g/mol. The van der Waals surface area contributed by atoms with E-state index in [4.69, 9.17) is 14.7 Å². The summed E-state index contributed by atoms with van der Waals surface area (Å²) in [5, 5.41) is 9.12. The Kier molecular flexibility index (Phi) is 8.36. The molecule has 2 amide bonds. The molecule has 0 spiro atoms. The van der Waals surface area contributed by atoms with E-state index in [-0.39, 0.29) is 32.8 Å². The Morgan fingerprint density at radius 2 is 2.12 bits per heavy atom. The van der Waals surface area contributed by atoms with E-state index >= 15 is 0 Å². The highest BCUT2D eigenvalue weighted by Crippen LogP contribution is 2.24. The van der Waals surface area contributed by atoms with Gasteiger partial charge in [0.1, 0.15) is 12.4 Å². The van der Waals surface area contributed by atoms with Crippen molar-refractivity contribution in [2.24, 2.45) is 0 Å². The minimum absolute atomic E-state index is 0.0572. The molecule has 12 heteroatoms. The molecule has 0 radical (unpaired) electrons. The molecule has 10 nitrogen and oxygen atoms in total. The predicted molar refractivity (Wildman–Crippen MR) is 111 cm³/mol. The summed E-state index contributed by atoms with van der Waals surface area (Å²) in [6, 6.07) is 8.03. The quantitative estimate of drug-likeness (QED) is 0.270. The molecule has 2 atom stereocenters. The zero-order chi connectivity index (χ0) is 23.1. The highest BCUT2D eigenvalue weighted by atomic mass is 32.2. The molecular formula is C20H23FN4O6S. The van der Waals surface area contributed by atoms with Gasteiger partial charge < -0.3 is 18.9 Å². The fourth-order valence-electron chi connectivity index (χ4n) is 3.16. The Labute approximate surface area is 187 Å². The van der Waals surface area contributed by atoms with Gasteiger partial charge in [0.2, 0.25) is 0 Å². The Hall–Kier alpha value is -2.77. The number of nitrogens with one attached hydrogen (secondary N) is 1. The summed E-state index contributed by atoms with van der Waals surface area (Å²) in [7, 11) is 1.48. The third-order valence-corrected chi connectivity index (χ3v) is 6.29. The highest BCUT2D eigenvalue weighted by molar-refractivity contribution is 7.89. The normalized spacial score (nSPS) is 17.6. The van der Waals surface area contributed by atoms with Gasteiger partial charge in [0.15, 0.2) is 10.9 Å². The first-order valence-corrected chi connectivity index (χ1v) is 10.8. The Morgan fingerprint density at radius 3 is 2.78 bits per heavy atom. The first kappa shape index (κ1) is 23.9. The molecule has 1 saturated heterocycles. The number of hydrogen-bond donors (Lipinski definition) is 2. The summed E-state index contributed by atoms with van der Waals surface area (Å²) >= 11 is -1.80. The zero-order valence-corrected chi connectivity index (χ0v) is 18.1. The number of benzene rings is 1. The number of hydrogen-bond acceptors (Lipinski definition) is 8. The SMILES string of the molecule is COCCOC(=O)N1CCN([S+]([O-])c2ccc(-c3cccc(F)c3)nc2)[C@@H](C(=O)NO)C1. The number of aromatic nitrogens is 1. The molecule has 32 heavy (non-hydrogen) atoms. The number of hydroxylamine groups is 1. The number of piperazine rings is 1. The number of nitrogens with zero attached hydrogens (tertiary/aromatic N) is 3. The molecule has 1 unspecified atom stereocenters. The maximum Gasteiger partial charge on any atom is 0.409 e. The van der Waals surface area contributed by atoms with Crippen LogP contribution in [0.15, 0.2) is 47.5 Å². The van der Waals surface area contributed by atoms with E-state index in [9.17, 15) is 18.5 Å². The number of methoxy groups -OCH3 is 1. The van der Waals surface area contributed by atoms with Gasteiger partial charge in [-0.2, -0.15) is 0 Å². The summed E-state index contributed by atoms with van der Waals surface area (Å²) in [4.78, 5) is 30.3. The Morgan fingerprint density at radius 1 is 1.31 bits per heavy atom. The van der Waals surface area contributed by atoms with Crippen LogP contribution in [0, 0.1) is 5.82 Å². The molecule has 1 fully saturated rings. The van der Waals surface area contributed by atoms with Gasteiger partial charge in [-0.05, 0) is 24.3 Å². The molecule has 2 N–H and O–H groups in total. The van der Waals surface area contributed by atoms with Crippen molar-refractivity contribution in [2.45, 2.75) is 10.9 Å². The molecule has 1 aromatic heterocycles. The van der Waals surface area contributed by atoms with E-state index in [1.807, 2.05) is 0 Å². The molecule has 1 aromatic carbocycles. The van der Waals surface area contributed by atoms with Crippen molar-refractivity contribution in [3.05, 3.63) is 48.4 Å². The minimum atomic E-state index is -1.80. The minimum Gasteiger partial charge on any atom is -0.593 e. The summed E-state index contributed by atoms with van der Waals surface area (Å²) in [5.41, 5.74) is 2.62. The lowest BCUT2D eigenvalue weighted by atomic mass is 10.1. The van der Waals surface area contributed by atoms with E-state index in [1.165, 1.54) is 34.6 Å². The molecule has 0 bridgehead atoms. The molecule has 1 aliphatic heterocycles. The highest BCUT2D eigenvalue weighted by Gasteiger charge is 2.42. The van der Waals surface area contributed by atoms with Gasteiger partial charge in [-0.1, -0.05) is 12.1 Å². The second-order valence-electron chi connectivity index (χ2n) is 6.82. The molecule has 3 rings (SSSR count). The molecule has 0 saturated carbocycles. The van der Waals surface area contributed by atoms with Crippen LogP contribution in [0.4, 0.5) is 9.18 Å². The molecule has 172 valence electrons. The number of carbonyl (C=O) groups is 2. The number of halogens is 1. The summed E-state index contributed by atoms with van der Waals surface area (Å²) < 4.78 is 37.8. The van der Waals surface area contributed by atoms with Gasteiger partial charge in [0.25, 0.3) is 5.91 Å². The number of amides is 2. The molecule has 2 aromatic rings. The third-order valence-electron chi connectivity index (χ3n) is 4.79. The van der Waals surface area contributed by atoms with E-state index in [0.717, 1.165) is 0 Å². The van der Waals surface area contributed by atoms with Gasteiger partial charge in [-0.3, -0.25) is 15.0 Å². The summed E-state index contributed by atoms with van der Waals surface area (Å²) in [6.45, 7) is 0.423. The maximum atomic E-state index is 13.4. The number of ether oxygens (including phenoxy) is 2. The fraction of sp³-hybridized carbons (Fsp3) is 0.350. The van der Waals surface area contributed by atoms with Crippen molar-refractivity contribution in [2.75, 3.05) is 40.0 Å². The maximum absolute atomic E-state index is 13.4. The number of carbonyl (C=O) groups excluding carboxylic acids is 2. The van der Waals surface area contributed by atoms with Crippen LogP contribution < -0.4 is 5.48 Å². The van der Waals surface area contributed by atoms with Crippen molar-refractivity contribution in [1.29, 1.82) is 0 Å². The predicted octanol–water partition coefficient (Wildman–Crippen LogP) is 1.18. The van der Waals surface area contributed by atoms with Crippen LogP contribution in [0.1, 0.15) is 0 Å². The van der Waals surface area contributed by atoms with E-state index in [2.05, 4.69) is 4.98 Å². The van der Waals surface area contributed by atoms with Crippen molar-refractivity contribution in [3.8, 4) is 11.3 Å². The average Bonchev–Trinajstić information content (AvgIpc) is 2.83. The lowest BCUT2D eigenvalue weighted by Crippen LogP contribution is -2.61.